The number of amides is 2. The molecule has 2 amide bonds. The molecule has 3 rings (SSSR count). The molecule has 210 valence electrons. The van der Waals surface area contributed by atoms with Crippen LogP contribution in [0.4, 0.5) is 4.79 Å². The summed E-state index contributed by atoms with van der Waals surface area (Å²) in [6.07, 6.45) is 6.20. The SMILES string of the molecule is CO[C@@H]1O[C@H](COC(C)=O)[C@@H](OC(C)=O)[C@H](OC(C)=O)[C@H]1NC(=O)N(C1CCCCC1)C1CCCCC1. The fourth-order valence-corrected chi connectivity index (χ4v) is 5.82. The maximum atomic E-state index is 13.9. The maximum Gasteiger partial charge on any atom is 0.318 e. The smallest absolute Gasteiger partial charge is 0.318 e. The highest BCUT2D eigenvalue weighted by Crippen LogP contribution is 2.32. The number of nitrogens with zero attached hydrogens (tertiary/aromatic N) is 1. The van der Waals surface area contributed by atoms with Gasteiger partial charge in [0.1, 0.15) is 18.8 Å². The first kappa shape index (κ1) is 29.2. The number of hydrogen-bond donors (Lipinski definition) is 1. The molecule has 11 nitrogen and oxygen atoms in total. The van der Waals surface area contributed by atoms with E-state index in [0.717, 1.165) is 51.4 Å². The number of esters is 3. The van der Waals surface area contributed by atoms with E-state index >= 15 is 0 Å². The van der Waals surface area contributed by atoms with Crippen LogP contribution in [0.3, 0.4) is 0 Å². The van der Waals surface area contributed by atoms with E-state index in [1.54, 1.807) is 0 Å². The minimum absolute atomic E-state index is 0.135. The zero-order valence-electron chi connectivity index (χ0n) is 22.4. The van der Waals surface area contributed by atoms with E-state index in [1.165, 1.54) is 40.7 Å². The van der Waals surface area contributed by atoms with Gasteiger partial charge in [-0.2, -0.15) is 0 Å². The molecule has 1 aliphatic heterocycles. The molecule has 3 aliphatic rings. The Kier molecular flexibility index (Phi) is 11.0. The molecule has 1 saturated heterocycles. The number of carbonyl (C=O) groups is 4. The minimum atomic E-state index is -1.13. The fraction of sp³-hybridized carbons (Fsp3) is 0.846. The molecular formula is C26H42N2O9. The van der Waals surface area contributed by atoms with E-state index in [1.807, 2.05) is 4.90 Å². The molecule has 2 aliphatic carbocycles. The number of urea groups is 1. The number of nitrogens with one attached hydrogen (secondary N) is 1. The lowest BCUT2D eigenvalue weighted by Gasteiger charge is -2.47. The van der Waals surface area contributed by atoms with Crippen LogP contribution in [0.5, 0.6) is 0 Å². The molecule has 0 radical (unpaired) electrons. The van der Waals surface area contributed by atoms with Crippen molar-refractivity contribution in [1.29, 1.82) is 0 Å². The van der Waals surface area contributed by atoms with Crippen LogP contribution in [0.25, 0.3) is 0 Å². The lowest BCUT2D eigenvalue weighted by Crippen LogP contribution is -2.68. The number of rotatable bonds is 8. The Bertz CT molecular complexity index is 777. The lowest BCUT2D eigenvalue weighted by molar-refractivity contribution is -0.270. The van der Waals surface area contributed by atoms with Gasteiger partial charge in [0.2, 0.25) is 0 Å². The van der Waals surface area contributed by atoms with Gasteiger partial charge in [0.05, 0.1) is 0 Å². The molecule has 0 spiro atoms. The summed E-state index contributed by atoms with van der Waals surface area (Å²) in [5.74, 6) is -1.81. The summed E-state index contributed by atoms with van der Waals surface area (Å²) in [6, 6.07) is -0.966. The van der Waals surface area contributed by atoms with Gasteiger partial charge in [-0.3, -0.25) is 14.4 Å². The summed E-state index contributed by atoms with van der Waals surface area (Å²) in [5.41, 5.74) is 0. The van der Waals surface area contributed by atoms with Gasteiger partial charge in [-0.1, -0.05) is 38.5 Å². The molecule has 1 N–H and O–H groups in total. The first-order valence-corrected chi connectivity index (χ1v) is 13.5. The monoisotopic (exact) mass is 526 g/mol. The molecule has 0 aromatic carbocycles. The number of ether oxygens (including phenoxy) is 5. The molecule has 11 heteroatoms. The molecule has 0 unspecified atom stereocenters. The van der Waals surface area contributed by atoms with E-state index < -0.39 is 48.6 Å². The Labute approximate surface area is 218 Å². The predicted octanol–water partition coefficient (Wildman–Crippen LogP) is 2.83. The molecule has 0 bridgehead atoms. The Morgan fingerprint density at radius 1 is 0.784 bits per heavy atom. The van der Waals surface area contributed by atoms with E-state index in [4.69, 9.17) is 23.7 Å². The van der Waals surface area contributed by atoms with Crippen LogP contribution in [-0.4, -0.2) is 85.3 Å². The van der Waals surface area contributed by atoms with Crippen LogP contribution in [0.2, 0.25) is 0 Å². The van der Waals surface area contributed by atoms with Gasteiger partial charge in [-0.25, -0.2) is 4.79 Å². The van der Waals surface area contributed by atoms with E-state index in [0.29, 0.717) is 0 Å². The summed E-state index contributed by atoms with van der Waals surface area (Å²) in [6.45, 7) is 3.45. The van der Waals surface area contributed by atoms with Gasteiger partial charge in [-0.05, 0) is 25.7 Å². The van der Waals surface area contributed by atoms with Crippen molar-refractivity contribution in [2.24, 2.45) is 0 Å². The van der Waals surface area contributed by atoms with Crippen molar-refractivity contribution in [2.75, 3.05) is 13.7 Å². The van der Waals surface area contributed by atoms with Gasteiger partial charge in [0, 0.05) is 40.0 Å². The van der Waals surface area contributed by atoms with Crippen molar-refractivity contribution in [3.05, 3.63) is 0 Å². The van der Waals surface area contributed by atoms with E-state index in [9.17, 15) is 19.2 Å². The third-order valence-electron chi connectivity index (χ3n) is 7.39. The van der Waals surface area contributed by atoms with Crippen molar-refractivity contribution in [2.45, 2.75) is 128 Å². The first-order valence-electron chi connectivity index (χ1n) is 13.5. The largest absolute Gasteiger partial charge is 0.463 e. The standard InChI is InChI=1S/C26H42N2O9/c1-16(29)34-15-21-23(35-17(2)30)24(36-18(3)31)22(25(33-4)37-21)27-26(32)28(19-11-7-5-8-12-19)20-13-9-6-10-14-20/h19-25H,5-15H2,1-4H3,(H,27,32)/t21-,22-,23-,24-,25-/m1/s1. The summed E-state index contributed by atoms with van der Waals surface area (Å²) < 4.78 is 27.8. The summed E-state index contributed by atoms with van der Waals surface area (Å²) in [7, 11) is 1.41. The first-order chi connectivity index (χ1) is 17.7. The van der Waals surface area contributed by atoms with Gasteiger partial charge < -0.3 is 33.9 Å². The van der Waals surface area contributed by atoms with E-state index in [-0.39, 0.29) is 24.7 Å². The molecule has 3 fully saturated rings. The second kappa shape index (κ2) is 13.9. The fourth-order valence-electron chi connectivity index (χ4n) is 5.82. The predicted molar refractivity (Wildman–Crippen MR) is 131 cm³/mol. The second-order valence-electron chi connectivity index (χ2n) is 10.2. The molecule has 5 atom stereocenters. The molecule has 0 aromatic heterocycles. The lowest BCUT2D eigenvalue weighted by atomic mass is 9.89. The van der Waals surface area contributed by atoms with Crippen molar-refractivity contribution < 1.29 is 42.9 Å². The number of carbonyl (C=O) groups excluding carboxylic acids is 4. The molecular weight excluding hydrogens is 484 g/mol. The third-order valence-corrected chi connectivity index (χ3v) is 7.39. The Balaban J connectivity index is 1.89. The Hall–Kier alpha value is -2.40. The van der Waals surface area contributed by atoms with Crippen LogP contribution in [0.15, 0.2) is 0 Å². The third kappa shape index (κ3) is 8.04. The van der Waals surface area contributed by atoms with Crippen LogP contribution in [0, 0.1) is 0 Å². The van der Waals surface area contributed by atoms with Gasteiger partial charge in [0.25, 0.3) is 0 Å². The topological polar surface area (TPSA) is 130 Å². The van der Waals surface area contributed by atoms with Gasteiger partial charge in [0.15, 0.2) is 18.5 Å². The van der Waals surface area contributed by atoms with Gasteiger partial charge in [-0.15, -0.1) is 0 Å². The zero-order chi connectivity index (χ0) is 26.9. The minimum Gasteiger partial charge on any atom is -0.463 e. The Morgan fingerprint density at radius 3 is 1.76 bits per heavy atom. The van der Waals surface area contributed by atoms with Gasteiger partial charge >= 0.3 is 23.9 Å². The van der Waals surface area contributed by atoms with Crippen molar-refractivity contribution in [3.63, 3.8) is 0 Å². The zero-order valence-corrected chi connectivity index (χ0v) is 22.4. The average molecular weight is 527 g/mol. The summed E-state index contributed by atoms with van der Waals surface area (Å²) in [4.78, 5) is 51.4. The summed E-state index contributed by atoms with van der Waals surface area (Å²) >= 11 is 0. The average Bonchev–Trinajstić information content (AvgIpc) is 2.86. The quantitative estimate of drug-likeness (QED) is 0.375. The van der Waals surface area contributed by atoms with E-state index in [2.05, 4.69) is 5.32 Å². The van der Waals surface area contributed by atoms with Crippen LogP contribution < -0.4 is 5.32 Å². The molecule has 2 saturated carbocycles. The second-order valence-corrected chi connectivity index (χ2v) is 10.2. The molecule has 0 aromatic rings. The highest BCUT2D eigenvalue weighted by Gasteiger charge is 2.52. The number of methoxy groups -OCH3 is 1. The van der Waals surface area contributed by atoms with Crippen molar-refractivity contribution >= 4 is 23.9 Å². The highest BCUT2D eigenvalue weighted by molar-refractivity contribution is 5.76. The molecule has 37 heavy (non-hydrogen) atoms. The molecule has 1 heterocycles. The maximum absolute atomic E-state index is 13.9. The van der Waals surface area contributed by atoms with Crippen molar-refractivity contribution in [1.82, 2.24) is 10.2 Å². The number of hydrogen-bond acceptors (Lipinski definition) is 9. The normalized spacial score (nSPS) is 29.1. The van der Waals surface area contributed by atoms with Crippen LogP contribution in [0.1, 0.15) is 85.0 Å². The van der Waals surface area contributed by atoms with Crippen LogP contribution in [-0.2, 0) is 38.1 Å². The highest BCUT2D eigenvalue weighted by atomic mass is 16.7. The Morgan fingerprint density at radius 2 is 1.30 bits per heavy atom. The van der Waals surface area contributed by atoms with Crippen LogP contribution >= 0.6 is 0 Å². The summed E-state index contributed by atoms with van der Waals surface area (Å²) in [5, 5.41) is 3.02. The van der Waals surface area contributed by atoms with Crippen molar-refractivity contribution in [3.8, 4) is 0 Å².